The van der Waals surface area contributed by atoms with Crippen LogP contribution < -0.4 is 5.32 Å². The molecular formula is C22H35N5O2. The third-order valence-electron chi connectivity index (χ3n) is 5.79. The second-order valence-corrected chi connectivity index (χ2v) is 8.10. The molecule has 160 valence electrons. The number of aromatic hydroxyl groups is 1. The Labute approximate surface area is 174 Å². The Kier molecular flexibility index (Phi) is 7.36. The summed E-state index contributed by atoms with van der Waals surface area (Å²) >= 11 is 0. The number of hydrogen-bond donors (Lipinski definition) is 2. The van der Waals surface area contributed by atoms with E-state index in [4.69, 9.17) is 4.99 Å². The molecular weight excluding hydrogens is 366 g/mol. The van der Waals surface area contributed by atoms with E-state index >= 15 is 0 Å². The maximum absolute atomic E-state index is 12.4. The number of benzene rings is 1. The van der Waals surface area contributed by atoms with E-state index in [0.717, 1.165) is 81.3 Å². The zero-order chi connectivity index (χ0) is 20.8. The fraction of sp³-hybridized carbons (Fsp3) is 0.636. The van der Waals surface area contributed by atoms with Crippen LogP contribution in [0.3, 0.4) is 0 Å². The second-order valence-electron chi connectivity index (χ2n) is 8.10. The molecule has 1 aromatic carbocycles. The molecule has 29 heavy (non-hydrogen) atoms. The molecule has 2 fully saturated rings. The number of piperazine rings is 1. The van der Waals surface area contributed by atoms with Crippen LogP contribution in [-0.2, 0) is 11.3 Å². The highest BCUT2D eigenvalue weighted by Crippen LogP contribution is 2.23. The van der Waals surface area contributed by atoms with Gasteiger partial charge in [-0.2, -0.15) is 0 Å². The molecule has 2 aliphatic rings. The largest absolute Gasteiger partial charge is 0.507 e. The van der Waals surface area contributed by atoms with Crippen molar-refractivity contribution in [1.82, 2.24) is 20.0 Å². The van der Waals surface area contributed by atoms with Gasteiger partial charge in [0.05, 0.1) is 13.1 Å². The molecule has 0 unspecified atom stereocenters. The molecule has 2 saturated heterocycles. The number of aliphatic imine (C=N–C) groups is 1. The Morgan fingerprint density at radius 1 is 1.03 bits per heavy atom. The lowest BCUT2D eigenvalue weighted by atomic mass is 10.1. The highest BCUT2D eigenvalue weighted by atomic mass is 16.3. The number of nitrogens with zero attached hydrogens (tertiary/aromatic N) is 4. The fourth-order valence-corrected chi connectivity index (χ4v) is 4.10. The molecule has 0 atom stereocenters. The van der Waals surface area contributed by atoms with E-state index in [2.05, 4.69) is 22.0 Å². The smallest absolute Gasteiger partial charge is 0.236 e. The number of carbonyl (C=O) groups is 1. The summed E-state index contributed by atoms with van der Waals surface area (Å²) in [6.45, 7) is 13.2. The predicted octanol–water partition coefficient (Wildman–Crippen LogP) is 1.71. The average Bonchev–Trinajstić information content (AvgIpc) is 3.25. The van der Waals surface area contributed by atoms with E-state index in [-0.39, 0.29) is 5.91 Å². The minimum absolute atomic E-state index is 0.273. The van der Waals surface area contributed by atoms with Crippen molar-refractivity contribution in [2.75, 3.05) is 52.4 Å². The number of hydrogen-bond acceptors (Lipinski definition) is 4. The number of phenols is 1. The Morgan fingerprint density at radius 3 is 2.24 bits per heavy atom. The molecule has 1 amide bonds. The molecule has 0 spiro atoms. The molecule has 3 rings (SSSR count). The quantitative estimate of drug-likeness (QED) is 0.581. The molecule has 0 aromatic heterocycles. The molecule has 0 bridgehead atoms. The van der Waals surface area contributed by atoms with Crippen LogP contribution in [0, 0.1) is 13.8 Å². The van der Waals surface area contributed by atoms with Crippen molar-refractivity contribution in [2.45, 2.75) is 40.2 Å². The number of nitrogens with one attached hydrogen (secondary N) is 1. The van der Waals surface area contributed by atoms with Crippen LogP contribution in [0.5, 0.6) is 5.75 Å². The maximum Gasteiger partial charge on any atom is 0.236 e. The molecule has 7 heteroatoms. The summed E-state index contributed by atoms with van der Waals surface area (Å²) in [6.07, 6.45) is 2.28. The predicted molar refractivity (Wildman–Crippen MR) is 116 cm³/mol. The van der Waals surface area contributed by atoms with Gasteiger partial charge in [0, 0.05) is 45.8 Å². The van der Waals surface area contributed by atoms with Gasteiger partial charge in [0.25, 0.3) is 0 Å². The van der Waals surface area contributed by atoms with Crippen molar-refractivity contribution < 1.29 is 9.90 Å². The number of likely N-dealkylation sites (tertiary alicyclic amines) is 1. The van der Waals surface area contributed by atoms with Gasteiger partial charge < -0.3 is 20.2 Å². The van der Waals surface area contributed by atoms with E-state index in [1.165, 1.54) is 0 Å². The van der Waals surface area contributed by atoms with Crippen LogP contribution in [0.1, 0.15) is 36.5 Å². The Hall–Kier alpha value is -2.28. The van der Waals surface area contributed by atoms with Gasteiger partial charge in [-0.1, -0.05) is 12.1 Å². The lowest BCUT2D eigenvalue weighted by Crippen LogP contribution is -2.54. The lowest BCUT2D eigenvalue weighted by Gasteiger charge is -2.36. The van der Waals surface area contributed by atoms with Gasteiger partial charge in [-0.05, 0) is 50.3 Å². The summed E-state index contributed by atoms with van der Waals surface area (Å²) < 4.78 is 0. The van der Waals surface area contributed by atoms with E-state index in [1.54, 1.807) is 0 Å². The summed E-state index contributed by atoms with van der Waals surface area (Å²) in [7, 11) is 0. The van der Waals surface area contributed by atoms with Gasteiger partial charge in [0.15, 0.2) is 5.96 Å². The highest BCUT2D eigenvalue weighted by Gasteiger charge is 2.24. The molecule has 2 heterocycles. The van der Waals surface area contributed by atoms with Crippen molar-refractivity contribution in [2.24, 2.45) is 4.99 Å². The molecule has 0 saturated carbocycles. The SMILES string of the molecule is CCNC(=NCc1cc(C)c(O)c(C)c1)N1CCN(CC(=O)N2CCCC2)CC1. The zero-order valence-corrected chi connectivity index (χ0v) is 18.1. The molecule has 7 nitrogen and oxygen atoms in total. The minimum atomic E-state index is 0.273. The normalized spacial score (nSPS) is 18.4. The van der Waals surface area contributed by atoms with Gasteiger partial charge >= 0.3 is 0 Å². The first-order valence-corrected chi connectivity index (χ1v) is 10.8. The van der Waals surface area contributed by atoms with Crippen LogP contribution in [0.4, 0.5) is 0 Å². The summed E-state index contributed by atoms with van der Waals surface area (Å²) in [5, 5.41) is 13.4. The third kappa shape index (κ3) is 5.63. The number of rotatable bonds is 5. The first-order chi connectivity index (χ1) is 14.0. The fourth-order valence-electron chi connectivity index (χ4n) is 4.10. The van der Waals surface area contributed by atoms with E-state index < -0.39 is 0 Å². The summed E-state index contributed by atoms with van der Waals surface area (Å²) in [5.41, 5.74) is 2.87. The number of carbonyl (C=O) groups excluding carboxylic acids is 1. The van der Waals surface area contributed by atoms with Crippen molar-refractivity contribution in [3.63, 3.8) is 0 Å². The maximum atomic E-state index is 12.4. The van der Waals surface area contributed by atoms with Crippen molar-refractivity contribution in [3.8, 4) is 5.75 Å². The number of amides is 1. The Balaban J connectivity index is 1.56. The molecule has 0 aliphatic carbocycles. The standard InChI is InChI=1S/C22H35N5O2/c1-4-23-22(24-15-19-13-17(2)21(29)18(3)14-19)27-11-9-25(10-12-27)16-20(28)26-7-5-6-8-26/h13-14,29H,4-12,15-16H2,1-3H3,(H,23,24). The topological polar surface area (TPSA) is 71.4 Å². The van der Waals surface area contributed by atoms with Gasteiger partial charge in [-0.3, -0.25) is 9.69 Å². The summed E-state index contributed by atoms with van der Waals surface area (Å²) in [5.74, 6) is 1.56. The Bertz CT molecular complexity index is 712. The molecule has 2 N–H and O–H groups in total. The van der Waals surface area contributed by atoms with Gasteiger partial charge in [0.1, 0.15) is 5.75 Å². The molecule has 2 aliphatic heterocycles. The number of phenolic OH excluding ortho intramolecular Hbond substituents is 1. The van der Waals surface area contributed by atoms with Crippen LogP contribution >= 0.6 is 0 Å². The number of aryl methyl sites for hydroxylation is 2. The van der Waals surface area contributed by atoms with Crippen LogP contribution in [0.15, 0.2) is 17.1 Å². The van der Waals surface area contributed by atoms with Gasteiger partial charge in [-0.25, -0.2) is 4.99 Å². The van der Waals surface area contributed by atoms with E-state index in [9.17, 15) is 9.90 Å². The van der Waals surface area contributed by atoms with Crippen molar-refractivity contribution in [3.05, 3.63) is 28.8 Å². The van der Waals surface area contributed by atoms with E-state index in [1.807, 2.05) is 30.9 Å². The molecule has 1 aromatic rings. The highest BCUT2D eigenvalue weighted by molar-refractivity contribution is 5.80. The zero-order valence-electron chi connectivity index (χ0n) is 18.1. The van der Waals surface area contributed by atoms with Crippen LogP contribution in [0.25, 0.3) is 0 Å². The minimum Gasteiger partial charge on any atom is -0.507 e. The Morgan fingerprint density at radius 2 is 1.66 bits per heavy atom. The van der Waals surface area contributed by atoms with Gasteiger partial charge in [-0.15, -0.1) is 0 Å². The van der Waals surface area contributed by atoms with Crippen LogP contribution in [-0.4, -0.2) is 84.0 Å². The monoisotopic (exact) mass is 401 g/mol. The molecule has 0 radical (unpaired) electrons. The van der Waals surface area contributed by atoms with E-state index in [0.29, 0.717) is 18.8 Å². The third-order valence-corrected chi connectivity index (χ3v) is 5.79. The second kappa shape index (κ2) is 9.96. The summed E-state index contributed by atoms with van der Waals surface area (Å²) in [4.78, 5) is 23.7. The average molecular weight is 402 g/mol. The first-order valence-electron chi connectivity index (χ1n) is 10.8. The van der Waals surface area contributed by atoms with Crippen molar-refractivity contribution >= 4 is 11.9 Å². The lowest BCUT2D eigenvalue weighted by molar-refractivity contribution is -0.131. The van der Waals surface area contributed by atoms with Crippen molar-refractivity contribution in [1.29, 1.82) is 0 Å². The first kappa shape index (κ1) is 21.4. The summed E-state index contributed by atoms with van der Waals surface area (Å²) in [6, 6.07) is 3.99. The number of guanidine groups is 1. The van der Waals surface area contributed by atoms with Gasteiger partial charge in [0.2, 0.25) is 5.91 Å². The van der Waals surface area contributed by atoms with Crippen LogP contribution in [0.2, 0.25) is 0 Å².